The fourth-order valence-corrected chi connectivity index (χ4v) is 2.57. The molecule has 0 aliphatic rings. The zero-order valence-corrected chi connectivity index (χ0v) is 13.3. The van der Waals surface area contributed by atoms with Crippen LogP contribution in [-0.2, 0) is 29.4 Å². The third-order valence-electron chi connectivity index (χ3n) is 3.01. The van der Waals surface area contributed by atoms with Crippen LogP contribution in [0.3, 0.4) is 0 Å². The lowest BCUT2D eigenvalue weighted by atomic mass is 9.99. The van der Waals surface area contributed by atoms with Gasteiger partial charge in [0, 0.05) is 13.7 Å². The van der Waals surface area contributed by atoms with Crippen LogP contribution < -0.4 is 0 Å². The third kappa shape index (κ3) is 3.20. The van der Waals surface area contributed by atoms with Crippen LogP contribution in [0.2, 0.25) is 0 Å². The maximum Gasteiger partial charge on any atom is 0.169 e. The fraction of sp³-hybridized carbons (Fsp3) is 0.692. The van der Waals surface area contributed by atoms with E-state index in [1.807, 2.05) is 34.7 Å². The number of ketones is 1. The Kier molecular flexibility index (Phi) is 5.10. The van der Waals surface area contributed by atoms with E-state index >= 15 is 0 Å². The van der Waals surface area contributed by atoms with Gasteiger partial charge in [-0.3, -0.25) is 9.48 Å². The van der Waals surface area contributed by atoms with Crippen molar-refractivity contribution in [1.82, 2.24) is 9.78 Å². The standard InChI is InChI=1S/C13H21BrN2O2/c1-6-9-12(14)10(16(5)15-9)8-11(17)13(3,4)18-7-2/h6-8H2,1-5H3. The van der Waals surface area contributed by atoms with Crippen molar-refractivity contribution in [2.45, 2.75) is 46.1 Å². The number of hydrogen-bond donors (Lipinski definition) is 0. The minimum atomic E-state index is -0.745. The maximum absolute atomic E-state index is 12.2. The van der Waals surface area contributed by atoms with Gasteiger partial charge in [-0.25, -0.2) is 0 Å². The molecule has 0 unspecified atom stereocenters. The Morgan fingerprint density at radius 3 is 2.50 bits per heavy atom. The molecule has 0 saturated heterocycles. The number of halogens is 1. The van der Waals surface area contributed by atoms with Crippen molar-refractivity contribution >= 4 is 21.7 Å². The molecule has 0 fully saturated rings. The molecule has 1 rings (SSSR count). The molecule has 0 aromatic carbocycles. The summed E-state index contributed by atoms with van der Waals surface area (Å²) in [6.07, 6.45) is 1.18. The Morgan fingerprint density at radius 2 is 2.06 bits per heavy atom. The van der Waals surface area contributed by atoms with E-state index in [1.165, 1.54) is 0 Å². The van der Waals surface area contributed by atoms with E-state index < -0.39 is 5.60 Å². The second kappa shape index (κ2) is 5.97. The Bertz CT molecular complexity index is 438. The van der Waals surface area contributed by atoms with E-state index in [-0.39, 0.29) is 5.78 Å². The first kappa shape index (κ1) is 15.4. The highest BCUT2D eigenvalue weighted by Gasteiger charge is 2.29. The smallest absolute Gasteiger partial charge is 0.169 e. The highest BCUT2D eigenvalue weighted by molar-refractivity contribution is 9.10. The summed E-state index contributed by atoms with van der Waals surface area (Å²) in [4.78, 5) is 12.2. The van der Waals surface area contributed by atoms with Gasteiger partial charge in [0.2, 0.25) is 0 Å². The van der Waals surface area contributed by atoms with Gasteiger partial charge in [0.15, 0.2) is 5.78 Å². The quantitative estimate of drug-likeness (QED) is 0.810. The van der Waals surface area contributed by atoms with Gasteiger partial charge >= 0.3 is 0 Å². The highest BCUT2D eigenvalue weighted by Crippen LogP contribution is 2.24. The summed E-state index contributed by atoms with van der Waals surface area (Å²) >= 11 is 3.52. The van der Waals surface area contributed by atoms with Crippen molar-refractivity contribution < 1.29 is 9.53 Å². The van der Waals surface area contributed by atoms with E-state index in [0.717, 1.165) is 22.3 Å². The molecule has 0 N–H and O–H groups in total. The molecule has 5 heteroatoms. The van der Waals surface area contributed by atoms with Crippen LogP contribution in [-0.4, -0.2) is 27.8 Å². The molecule has 0 radical (unpaired) electrons. The topological polar surface area (TPSA) is 44.1 Å². The zero-order valence-electron chi connectivity index (χ0n) is 11.7. The zero-order chi connectivity index (χ0) is 13.9. The first-order valence-corrected chi connectivity index (χ1v) is 7.00. The van der Waals surface area contributed by atoms with Gasteiger partial charge in [0.25, 0.3) is 0 Å². The van der Waals surface area contributed by atoms with Crippen molar-refractivity contribution in [3.05, 3.63) is 15.9 Å². The molecular weight excluding hydrogens is 296 g/mol. The van der Waals surface area contributed by atoms with Crippen LogP contribution in [0, 0.1) is 0 Å². The van der Waals surface area contributed by atoms with E-state index in [4.69, 9.17) is 4.74 Å². The van der Waals surface area contributed by atoms with Crippen molar-refractivity contribution in [2.24, 2.45) is 7.05 Å². The van der Waals surface area contributed by atoms with Gasteiger partial charge in [0.05, 0.1) is 22.3 Å². The lowest BCUT2D eigenvalue weighted by Gasteiger charge is -2.23. The lowest BCUT2D eigenvalue weighted by molar-refractivity contribution is -0.139. The average Bonchev–Trinajstić information content (AvgIpc) is 2.56. The Hall–Kier alpha value is -0.680. The Balaban J connectivity index is 2.92. The summed E-state index contributed by atoms with van der Waals surface area (Å²) in [5, 5.41) is 4.39. The third-order valence-corrected chi connectivity index (χ3v) is 3.92. The van der Waals surface area contributed by atoms with Crippen LogP contribution in [0.25, 0.3) is 0 Å². The van der Waals surface area contributed by atoms with Gasteiger partial charge in [-0.1, -0.05) is 6.92 Å². The normalized spacial score (nSPS) is 11.9. The molecule has 4 nitrogen and oxygen atoms in total. The van der Waals surface area contributed by atoms with Gasteiger partial charge in [-0.2, -0.15) is 5.10 Å². The second-order valence-corrected chi connectivity index (χ2v) is 5.52. The van der Waals surface area contributed by atoms with Crippen molar-refractivity contribution in [3.8, 4) is 0 Å². The molecule has 0 atom stereocenters. The first-order chi connectivity index (χ1) is 8.33. The molecule has 1 aromatic heterocycles. The maximum atomic E-state index is 12.2. The number of nitrogens with zero attached hydrogens (tertiary/aromatic N) is 2. The van der Waals surface area contributed by atoms with Crippen molar-refractivity contribution in [3.63, 3.8) is 0 Å². The van der Waals surface area contributed by atoms with E-state index in [2.05, 4.69) is 21.0 Å². The molecule has 1 heterocycles. The summed E-state index contributed by atoms with van der Waals surface area (Å²) in [5.41, 5.74) is 1.14. The summed E-state index contributed by atoms with van der Waals surface area (Å²) < 4.78 is 8.19. The number of carbonyl (C=O) groups is 1. The summed E-state index contributed by atoms with van der Waals surface area (Å²) in [7, 11) is 1.86. The summed E-state index contributed by atoms with van der Waals surface area (Å²) in [6, 6.07) is 0. The van der Waals surface area contributed by atoms with Gasteiger partial charge in [-0.05, 0) is 43.1 Å². The van der Waals surface area contributed by atoms with E-state index in [1.54, 1.807) is 4.68 Å². The number of rotatable bonds is 6. The minimum Gasteiger partial charge on any atom is -0.368 e. The van der Waals surface area contributed by atoms with Crippen molar-refractivity contribution in [2.75, 3.05) is 6.61 Å². The first-order valence-electron chi connectivity index (χ1n) is 6.21. The SMILES string of the molecule is CCOC(C)(C)C(=O)Cc1c(Br)c(CC)nn1C. The van der Waals surface area contributed by atoms with Crippen molar-refractivity contribution in [1.29, 1.82) is 0 Å². The van der Waals surface area contributed by atoms with Crippen LogP contribution in [0.15, 0.2) is 4.47 Å². The van der Waals surface area contributed by atoms with Gasteiger partial charge in [0.1, 0.15) is 5.60 Å². The summed E-state index contributed by atoms with van der Waals surface area (Å²) in [5.74, 6) is 0.0655. The van der Waals surface area contributed by atoms with Crippen LogP contribution >= 0.6 is 15.9 Å². The minimum absolute atomic E-state index is 0.0655. The Morgan fingerprint density at radius 1 is 1.44 bits per heavy atom. The monoisotopic (exact) mass is 316 g/mol. The molecule has 0 aliphatic heterocycles. The van der Waals surface area contributed by atoms with Gasteiger partial charge < -0.3 is 4.74 Å². The molecule has 0 aliphatic carbocycles. The number of aryl methyl sites for hydroxylation is 2. The average molecular weight is 317 g/mol. The van der Waals surface area contributed by atoms with Crippen LogP contribution in [0.5, 0.6) is 0 Å². The molecule has 0 amide bonds. The number of Topliss-reactive ketones (excluding diaryl/α,β-unsaturated/α-hetero) is 1. The van der Waals surface area contributed by atoms with Crippen LogP contribution in [0.1, 0.15) is 39.1 Å². The number of hydrogen-bond acceptors (Lipinski definition) is 3. The van der Waals surface area contributed by atoms with E-state index in [9.17, 15) is 4.79 Å². The second-order valence-electron chi connectivity index (χ2n) is 4.73. The summed E-state index contributed by atoms with van der Waals surface area (Å²) in [6.45, 7) is 8.09. The lowest BCUT2D eigenvalue weighted by Crippen LogP contribution is -2.36. The fourth-order valence-electron chi connectivity index (χ4n) is 1.82. The highest BCUT2D eigenvalue weighted by atomic mass is 79.9. The number of ether oxygens (including phenoxy) is 1. The molecule has 102 valence electrons. The Labute approximate surface area is 117 Å². The molecular formula is C13H21BrN2O2. The molecule has 18 heavy (non-hydrogen) atoms. The van der Waals surface area contributed by atoms with Crippen LogP contribution in [0.4, 0.5) is 0 Å². The predicted octanol–water partition coefficient (Wildman–Crippen LogP) is 2.67. The van der Waals surface area contributed by atoms with Gasteiger partial charge in [-0.15, -0.1) is 0 Å². The molecule has 1 aromatic rings. The predicted molar refractivity (Wildman–Crippen MR) is 74.7 cm³/mol. The number of carbonyl (C=O) groups excluding carboxylic acids is 1. The number of aromatic nitrogens is 2. The molecule has 0 spiro atoms. The largest absolute Gasteiger partial charge is 0.368 e. The molecule has 0 saturated carbocycles. The van der Waals surface area contributed by atoms with E-state index in [0.29, 0.717) is 13.0 Å². The molecule has 0 bridgehead atoms.